The van der Waals surface area contributed by atoms with Crippen molar-refractivity contribution >= 4 is 67.8 Å². The van der Waals surface area contributed by atoms with Crippen LogP contribution in [0.5, 0.6) is 5.75 Å². The topological polar surface area (TPSA) is 67.9 Å². The SMILES string of the molecule is COCCCN1C(=O)/C(=C/c2cccc(OCC(=O)Nc3c(C)cc(Br)cc3C)c2)SC1=S. The fraction of sp³-hybridized carbons (Fsp3) is 0.292. The molecule has 1 saturated heterocycles. The lowest BCUT2D eigenvalue weighted by Gasteiger charge is -2.13. The molecule has 2 amide bonds. The molecule has 0 aliphatic carbocycles. The van der Waals surface area contributed by atoms with E-state index >= 15 is 0 Å². The third-order valence-electron chi connectivity index (χ3n) is 4.89. The lowest BCUT2D eigenvalue weighted by atomic mass is 10.1. The van der Waals surface area contributed by atoms with Crippen molar-refractivity contribution in [2.24, 2.45) is 0 Å². The number of benzene rings is 2. The average Bonchev–Trinajstić information content (AvgIpc) is 3.02. The molecule has 1 aliphatic rings. The van der Waals surface area contributed by atoms with Gasteiger partial charge in [-0.25, -0.2) is 0 Å². The Bertz CT molecular complexity index is 1080. The van der Waals surface area contributed by atoms with Crippen LogP contribution in [0.4, 0.5) is 5.69 Å². The number of nitrogens with one attached hydrogen (secondary N) is 1. The monoisotopic (exact) mass is 548 g/mol. The van der Waals surface area contributed by atoms with E-state index in [9.17, 15) is 9.59 Å². The molecule has 1 fully saturated rings. The standard InChI is InChI=1S/C24H25BrN2O4S2/c1-15-10-18(25)11-16(2)22(15)26-21(28)14-31-19-7-4-6-17(12-19)13-20-23(29)27(24(32)33-20)8-5-9-30-3/h4,6-7,10-13H,5,8-9,14H2,1-3H3,(H,26,28)/b20-13-. The van der Waals surface area contributed by atoms with Gasteiger partial charge in [0.2, 0.25) is 0 Å². The van der Waals surface area contributed by atoms with Crippen molar-refractivity contribution < 1.29 is 19.1 Å². The Morgan fingerprint density at radius 3 is 2.67 bits per heavy atom. The zero-order valence-electron chi connectivity index (χ0n) is 18.6. The maximum Gasteiger partial charge on any atom is 0.266 e. The molecular weight excluding hydrogens is 524 g/mol. The van der Waals surface area contributed by atoms with Crippen molar-refractivity contribution in [3.8, 4) is 5.75 Å². The van der Waals surface area contributed by atoms with Crippen LogP contribution in [0.3, 0.4) is 0 Å². The number of nitrogens with zero attached hydrogens (tertiary/aromatic N) is 1. The molecule has 0 unspecified atom stereocenters. The number of methoxy groups -OCH3 is 1. The summed E-state index contributed by atoms with van der Waals surface area (Å²) in [5.41, 5.74) is 3.52. The van der Waals surface area contributed by atoms with Gasteiger partial charge in [-0.3, -0.25) is 14.5 Å². The maximum absolute atomic E-state index is 12.7. The minimum atomic E-state index is -0.245. The first-order valence-electron chi connectivity index (χ1n) is 10.3. The summed E-state index contributed by atoms with van der Waals surface area (Å²) in [5, 5.41) is 2.91. The van der Waals surface area contributed by atoms with Gasteiger partial charge in [0.05, 0.1) is 4.91 Å². The highest BCUT2D eigenvalue weighted by Crippen LogP contribution is 2.33. The lowest BCUT2D eigenvalue weighted by Crippen LogP contribution is -2.29. The summed E-state index contributed by atoms with van der Waals surface area (Å²) < 4.78 is 12.3. The van der Waals surface area contributed by atoms with Crippen LogP contribution in [0.15, 0.2) is 45.8 Å². The van der Waals surface area contributed by atoms with Gasteiger partial charge in [-0.1, -0.05) is 52.0 Å². The van der Waals surface area contributed by atoms with Gasteiger partial charge < -0.3 is 14.8 Å². The van der Waals surface area contributed by atoms with Crippen molar-refractivity contribution in [3.63, 3.8) is 0 Å². The number of aryl methyl sites for hydroxylation is 2. The third-order valence-corrected chi connectivity index (χ3v) is 6.73. The molecule has 174 valence electrons. The molecule has 0 bridgehead atoms. The molecule has 9 heteroatoms. The van der Waals surface area contributed by atoms with Gasteiger partial charge >= 0.3 is 0 Å². The van der Waals surface area contributed by atoms with Gasteiger partial charge in [-0.15, -0.1) is 0 Å². The molecule has 1 N–H and O–H groups in total. The Labute approximate surface area is 211 Å². The number of carbonyl (C=O) groups excluding carboxylic acids is 2. The van der Waals surface area contributed by atoms with Crippen LogP contribution in [0.2, 0.25) is 0 Å². The van der Waals surface area contributed by atoms with Crippen molar-refractivity contribution in [1.82, 2.24) is 4.90 Å². The van der Waals surface area contributed by atoms with E-state index in [-0.39, 0.29) is 18.4 Å². The number of amides is 2. The van der Waals surface area contributed by atoms with E-state index < -0.39 is 0 Å². The molecule has 2 aromatic rings. The van der Waals surface area contributed by atoms with Gasteiger partial charge in [0.15, 0.2) is 6.61 Å². The average molecular weight is 550 g/mol. The first-order chi connectivity index (χ1) is 15.8. The molecule has 1 heterocycles. The van der Waals surface area contributed by atoms with E-state index in [2.05, 4.69) is 21.2 Å². The molecule has 0 atom stereocenters. The fourth-order valence-corrected chi connectivity index (χ4v) is 5.33. The number of hydrogen-bond donors (Lipinski definition) is 1. The van der Waals surface area contributed by atoms with E-state index in [1.54, 1.807) is 30.2 Å². The first kappa shape index (κ1) is 25.4. The van der Waals surface area contributed by atoms with Crippen molar-refractivity contribution in [2.75, 3.05) is 32.2 Å². The number of hydrogen-bond acceptors (Lipinski definition) is 6. The number of ether oxygens (including phenoxy) is 2. The van der Waals surface area contributed by atoms with Gasteiger partial charge in [-0.2, -0.15) is 0 Å². The highest BCUT2D eigenvalue weighted by Gasteiger charge is 2.31. The van der Waals surface area contributed by atoms with E-state index in [4.69, 9.17) is 21.7 Å². The van der Waals surface area contributed by atoms with E-state index in [0.717, 1.165) is 33.3 Å². The number of anilines is 1. The Morgan fingerprint density at radius 1 is 1.24 bits per heavy atom. The normalized spacial score (nSPS) is 14.8. The number of thiocarbonyl (C=S) groups is 1. The third kappa shape index (κ3) is 6.89. The highest BCUT2D eigenvalue weighted by molar-refractivity contribution is 9.10. The van der Waals surface area contributed by atoms with Crippen LogP contribution >= 0.6 is 39.9 Å². The molecule has 3 rings (SSSR count). The predicted molar refractivity (Wildman–Crippen MR) is 141 cm³/mol. The summed E-state index contributed by atoms with van der Waals surface area (Å²) in [4.78, 5) is 27.3. The summed E-state index contributed by atoms with van der Waals surface area (Å²) in [6.45, 7) is 4.87. The predicted octanol–water partition coefficient (Wildman–Crippen LogP) is 5.32. The number of halogens is 1. The quantitative estimate of drug-likeness (QED) is 0.260. The minimum Gasteiger partial charge on any atom is -0.484 e. The first-order valence-corrected chi connectivity index (χ1v) is 12.3. The van der Waals surface area contributed by atoms with Crippen LogP contribution < -0.4 is 10.1 Å². The zero-order valence-corrected chi connectivity index (χ0v) is 21.9. The van der Waals surface area contributed by atoms with Crippen LogP contribution in [0.1, 0.15) is 23.1 Å². The number of rotatable bonds is 9. The molecule has 0 saturated carbocycles. The minimum absolute atomic E-state index is 0.105. The molecule has 0 radical (unpaired) electrons. The molecule has 6 nitrogen and oxygen atoms in total. The fourth-order valence-electron chi connectivity index (χ4n) is 3.34. The lowest BCUT2D eigenvalue weighted by molar-refractivity contribution is -0.122. The molecule has 33 heavy (non-hydrogen) atoms. The summed E-state index contributed by atoms with van der Waals surface area (Å²) in [6, 6.07) is 11.2. The largest absolute Gasteiger partial charge is 0.484 e. The van der Waals surface area contributed by atoms with Crippen LogP contribution in [0, 0.1) is 13.8 Å². The summed E-state index contributed by atoms with van der Waals surface area (Å²) in [7, 11) is 1.63. The molecule has 1 aliphatic heterocycles. The number of carbonyl (C=O) groups is 2. The van der Waals surface area contributed by atoms with Crippen LogP contribution in [-0.4, -0.2) is 47.9 Å². The van der Waals surface area contributed by atoms with Crippen molar-refractivity contribution in [1.29, 1.82) is 0 Å². The second-order valence-corrected chi connectivity index (χ2v) is 10.1. The van der Waals surface area contributed by atoms with E-state index in [1.807, 2.05) is 38.1 Å². The zero-order chi connectivity index (χ0) is 24.0. The second-order valence-electron chi connectivity index (χ2n) is 7.50. The smallest absolute Gasteiger partial charge is 0.266 e. The Balaban J connectivity index is 1.62. The Morgan fingerprint density at radius 2 is 1.97 bits per heavy atom. The van der Waals surface area contributed by atoms with Crippen LogP contribution in [0.25, 0.3) is 6.08 Å². The number of thioether (sulfide) groups is 1. The summed E-state index contributed by atoms with van der Waals surface area (Å²) in [5.74, 6) is 0.191. The Kier molecular flexibility index (Phi) is 9.08. The van der Waals surface area contributed by atoms with Gasteiger partial charge in [0, 0.05) is 30.4 Å². The van der Waals surface area contributed by atoms with Crippen LogP contribution in [-0.2, 0) is 14.3 Å². The highest BCUT2D eigenvalue weighted by atomic mass is 79.9. The van der Waals surface area contributed by atoms with Gasteiger partial charge in [-0.05, 0) is 67.3 Å². The maximum atomic E-state index is 12.7. The summed E-state index contributed by atoms with van der Waals surface area (Å²) in [6.07, 6.45) is 2.51. The molecular formula is C24H25BrN2O4S2. The van der Waals surface area contributed by atoms with Gasteiger partial charge in [0.1, 0.15) is 10.1 Å². The van der Waals surface area contributed by atoms with Gasteiger partial charge in [0.25, 0.3) is 11.8 Å². The Hall–Kier alpha value is -2.20. The summed E-state index contributed by atoms with van der Waals surface area (Å²) >= 11 is 10.1. The van der Waals surface area contributed by atoms with Crippen molar-refractivity contribution in [3.05, 3.63) is 62.5 Å². The molecule has 2 aromatic carbocycles. The van der Waals surface area contributed by atoms with E-state index in [1.165, 1.54) is 11.8 Å². The van der Waals surface area contributed by atoms with E-state index in [0.29, 0.717) is 28.1 Å². The molecule has 0 spiro atoms. The van der Waals surface area contributed by atoms with Crippen molar-refractivity contribution in [2.45, 2.75) is 20.3 Å². The molecule has 0 aromatic heterocycles. The second kappa shape index (κ2) is 11.8.